The molecule has 0 fully saturated rings. The average molecular weight is 430 g/mol. The standard InChI is InChI=1S/C23H19N5S2/c1-2-7-17(8-3-1)22-19-10-4-5-11-20(19)25-21(26-22)15-30-23-27-24-16-28(23)13-12-18-9-6-14-29-18/h1-11,14,16H,12-13,15H2. The molecule has 2 aromatic carbocycles. The van der Waals surface area contributed by atoms with Crippen LogP contribution in [-0.2, 0) is 18.7 Å². The molecular weight excluding hydrogens is 410 g/mol. The van der Waals surface area contributed by atoms with Gasteiger partial charge in [-0.3, -0.25) is 0 Å². The maximum absolute atomic E-state index is 4.90. The number of nitrogens with zero attached hydrogens (tertiary/aromatic N) is 5. The van der Waals surface area contributed by atoms with Gasteiger partial charge in [-0.2, -0.15) is 0 Å². The van der Waals surface area contributed by atoms with Gasteiger partial charge in [0.25, 0.3) is 0 Å². The lowest BCUT2D eigenvalue weighted by atomic mass is 10.1. The first-order valence-electron chi connectivity index (χ1n) is 9.71. The minimum absolute atomic E-state index is 0.641. The molecule has 3 aromatic heterocycles. The van der Waals surface area contributed by atoms with Crippen LogP contribution in [0.1, 0.15) is 10.7 Å². The van der Waals surface area contributed by atoms with E-state index in [0.29, 0.717) is 5.75 Å². The summed E-state index contributed by atoms with van der Waals surface area (Å²) in [6.45, 7) is 0.865. The van der Waals surface area contributed by atoms with E-state index in [1.807, 2.05) is 36.4 Å². The molecule has 3 heterocycles. The summed E-state index contributed by atoms with van der Waals surface area (Å²) in [5.41, 5.74) is 3.03. The second-order valence-corrected chi connectivity index (χ2v) is 8.77. The zero-order chi connectivity index (χ0) is 20.2. The van der Waals surface area contributed by atoms with Crippen LogP contribution in [0, 0.1) is 0 Å². The van der Waals surface area contributed by atoms with Gasteiger partial charge in [0.2, 0.25) is 0 Å². The minimum Gasteiger partial charge on any atom is -0.308 e. The largest absolute Gasteiger partial charge is 0.308 e. The molecule has 0 atom stereocenters. The van der Waals surface area contributed by atoms with Crippen molar-refractivity contribution in [3.63, 3.8) is 0 Å². The van der Waals surface area contributed by atoms with Crippen LogP contribution in [0.3, 0.4) is 0 Å². The Bertz CT molecular complexity index is 1250. The highest BCUT2D eigenvalue weighted by molar-refractivity contribution is 7.98. The van der Waals surface area contributed by atoms with Crippen LogP contribution in [-0.4, -0.2) is 24.7 Å². The zero-order valence-electron chi connectivity index (χ0n) is 16.2. The topological polar surface area (TPSA) is 56.5 Å². The molecule has 0 saturated carbocycles. The van der Waals surface area contributed by atoms with E-state index in [9.17, 15) is 0 Å². The Kier molecular flexibility index (Phi) is 5.54. The zero-order valence-corrected chi connectivity index (χ0v) is 17.8. The van der Waals surface area contributed by atoms with Crippen molar-refractivity contribution in [2.75, 3.05) is 0 Å². The third-order valence-electron chi connectivity index (χ3n) is 4.79. The monoisotopic (exact) mass is 429 g/mol. The Balaban J connectivity index is 1.38. The SMILES string of the molecule is c1ccc(-c2nc(CSc3nncn3CCc3cccs3)nc3ccccc23)cc1. The lowest BCUT2D eigenvalue weighted by Crippen LogP contribution is -2.02. The number of thiophene rings is 1. The van der Waals surface area contributed by atoms with Crippen LogP contribution in [0.5, 0.6) is 0 Å². The van der Waals surface area contributed by atoms with Crippen molar-refractivity contribution in [3.8, 4) is 11.3 Å². The van der Waals surface area contributed by atoms with Gasteiger partial charge in [0.15, 0.2) is 5.16 Å². The van der Waals surface area contributed by atoms with Crippen LogP contribution in [0.2, 0.25) is 0 Å². The first-order valence-corrected chi connectivity index (χ1v) is 11.6. The van der Waals surface area contributed by atoms with Crippen molar-refractivity contribution in [1.29, 1.82) is 0 Å². The fourth-order valence-electron chi connectivity index (χ4n) is 3.33. The predicted octanol–water partition coefficient (Wildman–Crippen LogP) is 5.48. The summed E-state index contributed by atoms with van der Waals surface area (Å²) >= 11 is 3.40. The highest BCUT2D eigenvalue weighted by Gasteiger charge is 2.12. The number of rotatable bonds is 7. The van der Waals surface area contributed by atoms with E-state index in [0.717, 1.165) is 46.1 Å². The Morgan fingerprint density at radius 3 is 2.63 bits per heavy atom. The van der Waals surface area contributed by atoms with Gasteiger partial charge >= 0.3 is 0 Å². The summed E-state index contributed by atoms with van der Waals surface area (Å²) in [5.74, 6) is 1.44. The smallest absolute Gasteiger partial charge is 0.191 e. The normalized spacial score (nSPS) is 11.2. The van der Waals surface area contributed by atoms with Crippen molar-refractivity contribution < 1.29 is 0 Å². The van der Waals surface area contributed by atoms with Crippen molar-refractivity contribution in [2.24, 2.45) is 0 Å². The maximum Gasteiger partial charge on any atom is 0.191 e. The van der Waals surface area contributed by atoms with E-state index in [4.69, 9.17) is 9.97 Å². The molecule has 0 aliphatic rings. The quantitative estimate of drug-likeness (QED) is 0.320. The highest BCUT2D eigenvalue weighted by Crippen LogP contribution is 2.28. The highest BCUT2D eigenvalue weighted by atomic mass is 32.2. The number of aromatic nitrogens is 5. The molecule has 0 aliphatic heterocycles. The van der Waals surface area contributed by atoms with E-state index in [1.165, 1.54) is 4.88 Å². The van der Waals surface area contributed by atoms with Crippen LogP contribution in [0.15, 0.2) is 83.6 Å². The van der Waals surface area contributed by atoms with E-state index in [-0.39, 0.29) is 0 Å². The molecular formula is C23H19N5S2. The third kappa shape index (κ3) is 4.13. The van der Waals surface area contributed by atoms with Crippen LogP contribution in [0.25, 0.3) is 22.2 Å². The summed E-state index contributed by atoms with van der Waals surface area (Å²) in [4.78, 5) is 11.1. The molecule has 30 heavy (non-hydrogen) atoms. The fraction of sp³-hybridized carbons (Fsp3) is 0.130. The Labute approximate surface area is 182 Å². The Hall–Kier alpha value is -3.03. The van der Waals surface area contributed by atoms with Crippen molar-refractivity contribution in [3.05, 3.63) is 89.1 Å². The summed E-state index contributed by atoms with van der Waals surface area (Å²) in [7, 11) is 0. The molecule has 0 aliphatic carbocycles. The lowest BCUT2D eigenvalue weighted by molar-refractivity contribution is 0.637. The second kappa shape index (κ2) is 8.77. The second-order valence-electron chi connectivity index (χ2n) is 6.80. The third-order valence-corrected chi connectivity index (χ3v) is 6.70. The summed E-state index contributed by atoms with van der Waals surface area (Å²) in [5, 5.41) is 12.5. The number of hydrogen-bond donors (Lipinski definition) is 0. The van der Waals surface area contributed by atoms with Gasteiger partial charge < -0.3 is 4.57 Å². The van der Waals surface area contributed by atoms with Gasteiger partial charge in [-0.1, -0.05) is 66.4 Å². The molecule has 7 heteroatoms. The van der Waals surface area contributed by atoms with E-state index < -0.39 is 0 Å². The number of fused-ring (bicyclic) bond motifs is 1. The predicted molar refractivity (Wildman–Crippen MR) is 123 cm³/mol. The van der Waals surface area contributed by atoms with Gasteiger partial charge in [0.1, 0.15) is 12.2 Å². The Morgan fingerprint density at radius 2 is 1.77 bits per heavy atom. The van der Waals surface area contributed by atoms with E-state index >= 15 is 0 Å². The number of aryl methyl sites for hydroxylation is 2. The van der Waals surface area contributed by atoms with Gasteiger partial charge in [0, 0.05) is 22.4 Å². The lowest BCUT2D eigenvalue weighted by Gasteiger charge is -2.09. The molecule has 5 rings (SSSR count). The van der Waals surface area contributed by atoms with Gasteiger partial charge in [-0.05, 0) is 23.9 Å². The molecule has 5 nitrogen and oxygen atoms in total. The maximum atomic E-state index is 4.90. The summed E-state index contributed by atoms with van der Waals surface area (Å²) < 4.78 is 2.10. The van der Waals surface area contributed by atoms with Crippen LogP contribution >= 0.6 is 23.1 Å². The molecule has 0 N–H and O–H groups in total. The van der Waals surface area contributed by atoms with Crippen LogP contribution < -0.4 is 0 Å². The van der Waals surface area contributed by atoms with Gasteiger partial charge in [-0.25, -0.2) is 9.97 Å². The van der Waals surface area contributed by atoms with Crippen LogP contribution in [0.4, 0.5) is 0 Å². The minimum atomic E-state index is 0.641. The average Bonchev–Trinajstić information content (AvgIpc) is 3.48. The molecule has 0 bridgehead atoms. The first kappa shape index (κ1) is 19.0. The van der Waals surface area contributed by atoms with Gasteiger partial charge in [0.05, 0.1) is 17.0 Å². The molecule has 5 aromatic rings. The van der Waals surface area contributed by atoms with Crippen molar-refractivity contribution >= 4 is 34.0 Å². The van der Waals surface area contributed by atoms with Gasteiger partial charge in [-0.15, -0.1) is 21.5 Å². The van der Waals surface area contributed by atoms with Crippen molar-refractivity contribution in [1.82, 2.24) is 24.7 Å². The molecule has 148 valence electrons. The number of hydrogen-bond acceptors (Lipinski definition) is 6. The van der Waals surface area contributed by atoms with E-state index in [2.05, 4.69) is 50.5 Å². The molecule has 0 unspecified atom stereocenters. The molecule has 0 radical (unpaired) electrons. The molecule has 0 amide bonds. The first-order chi connectivity index (χ1) is 14.9. The van der Waals surface area contributed by atoms with E-state index in [1.54, 1.807) is 29.4 Å². The number of para-hydroxylation sites is 1. The Morgan fingerprint density at radius 1 is 0.900 bits per heavy atom. The molecule has 0 saturated heterocycles. The van der Waals surface area contributed by atoms with Crippen molar-refractivity contribution in [2.45, 2.75) is 23.9 Å². The number of benzene rings is 2. The summed E-state index contributed by atoms with van der Waals surface area (Å²) in [6, 6.07) is 22.7. The molecule has 0 spiro atoms. The summed E-state index contributed by atoms with van der Waals surface area (Å²) in [6.07, 6.45) is 2.78. The fourth-order valence-corrected chi connectivity index (χ4v) is 4.82. The number of thioether (sulfide) groups is 1.